The number of carboxylic acids is 1. The van der Waals surface area contributed by atoms with E-state index in [0.29, 0.717) is 23.0 Å². The molecule has 4 rings (SSSR count). The standard InChI is InChI=1S/C19H20N2O3.C7H6Cl2/c1-20(13-19(23)24)16-7-8-17-15(12-16)9-10-21(17)18(22)11-14-5-3-2-4-6-14;1-5-2-6(8)4-7(9)3-5/h2-8,12H,9-11,13H2,1H3,(H,23,24);2-4H,1H3. The molecule has 0 saturated carbocycles. The Balaban J connectivity index is 0.000000286. The van der Waals surface area contributed by atoms with E-state index in [1.807, 2.05) is 72.5 Å². The van der Waals surface area contributed by atoms with E-state index in [1.54, 1.807) is 18.0 Å². The van der Waals surface area contributed by atoms with Gasteiger partial charge in [-0.25, -0.2) is 0 Å². The van der Waals surface area contributed by atoms with Gasteiger partial charge in [-0.05, 0) is 66.4 Å². The Bertz CT molecular complexity index is 1090. The van der Waals surface area contributed by atoms with Crippen LogP contribution in [0.2, 0.25) is 10.0 Å². The van der Waals surface area contributed by atoms with Crippen molar-refractivity contribution in [3.05, 3.63) is 93.5 Å². The second-order valence-corrected chi connectivity index (χ2v) is 8.84. The average molecular weight is 485 g/mol. The Morgan fingerprint density at radius 3 is 2.27 bits per heavy atom. The number of rotatable bonds is 5. The number of amides is 1. The number of benzene rings is 3. The van der Waals surface area contributed by atoms with Crippen molar-refractivity contribution in [3.8, 4) is 0 Å². The lowest BCUT2D eigenvalue weighted by atomic mass is 10.1. The number of fused-ring (bicyclic) bond motifs is 1. The van der Waals surface area contributed by atoms with Crippen molar-refractivity contribution < 1.29 is 14.7 Å². The molecule has 172 valence electrons. The van der Waals surface area contributed by atoms with Gasteiger partial charge in [0.2, 0.25) is 5.91 Å². The Morgan fingerprint density at radius 2 is 1.67 bits per heavy atom. The highest BCUT2D eigenvalue weighted by Crippen LogP contribution is 2.32. The fraction of sp³-hybridized carbons (Fsp3) is 0.231. The summed E-state index contributed by atoms with van der Waals surface area (Å²) in [4.78, 5) is 26.9. The predicted molar refractivity (Wildman–Crippen MR) is 135 cm³/mol. The van der Waals surface area contributed by atoms with Crippen molar-refractivity contribution in [2.45, 2.75) is 19.8 Å². The number of carbonyl (C=O) groups is 2. The van der Waals surface area contributed by atoms with E-state index in [9.17, 15) is 9.59 Å². The average Bonchev–Trinajstić information content (AvgIpc) is 3.17. The van der Waals surface area contributed by atoms with Gasteiger partial charge in [-0.3, -0.25) is 9.59 Å². The van der Waals surface area contributed by atoms with Gasteiger partial charge in [0.1, 0.15) is 6.54 Å². The zero-order valence-electron chi connectivity index (χ0n) is 18.6. The van der Waals surface area contributed by atoms with E-state index in [-0.39, 0.29) is 12.5 Å². The molecule has 0 spiro atoms. The molecule has 1 aliphatic rings. The lowest BCUT2D eigenvalue weighted by Gasteiger charge is -2.20. The molecule has 0 aromatic heterocycles. The van der Waals surface area contributed by atoms with Crippen molar-refractivity contribution in [2.24, 2.45) is 0 Å². The van der Waals surface area contributed by atoms with Crippen LogP contribution in [0, 0.1) is 6.92 Å². The van der Waals surface area contributed by atoms with Crippen molar-refractivity contribution in [1.29, 1.82) is 0 Å². The Kier molecular flexibility index (Phi) is 8.37. The molecular weight excluding hydrogens is 459 g/mol. The summed E-state index contributed by atoms with van der Waals surface area (Å²) >= 11 is 11.3. The molecule has 5 nitrogen and oxygen atoms in total. The van der Waals surface area contributed by atoms with Gasteiger partial charge in [-0.15, -0.1) is 0 Å². The van der Waals surface area contributed by atoms with Crippen LogP contribution in [0.15, 0.2) is 66.7 Å². The maximum Gasteiger partial charge on any atom is 0.323 e. The molecule has 0 atom stereocenters. The number of hydrogen-bond acceptors (Lipinski definition) is 3. The van der Waals surface area contributed by atoms with Gasteiger partial charge in [-0.2, -0.15) is 0 Å². The maximum atomic E-state index is 12.6. The lowest BCUT2D eigenvalue weighted by Crippen LogP contribution is -2.30. The van der Waals surface area contributed by atoms with Gasteiger partial charge in [0, 0.05) is 35.0 Å². The molecule has 0 aliphatic carbocycles. The molecule has 3 aromatic rings. The van der Waals surface area contributed by atoms with Crippen LogP contribution in [0.4, 0.5) is 11.4 Å². The van der Waals surface area contributed by atoms with Crippen LogP contribution in [-0.2, 0) is 22.4 Å². The third-order valence-corrected chi connectivity index (χ3v) is 5.71. The zero-order valence-corrected chi connectivity index (χ0v) is 20.1. The molecule has 1 aliphatic heterocycles. The van der Waals surface area contributed by atoms with E-state index < -0.39 is 5.97 Å². The fourth-order valence-corrected chi connectivity index (χ4v) is 4.37. The Morgan fingerprint density at radius 1 is 1.00 bits per heavy atom. The quantitative estimate of drug-likeness (QED) is 0.508. The second kappa shape index (κ2) is 11.2. The highest BCUT2D eigenvalue weighted by Gasteiger charge is 2.25. The van der Waals surface area contributed by atoms with Crippen LogP contribution in [0.3, 0.4) is 0 Å². The Hall–Kier alpha value is -3.02. The van der Waals surface area contributed by atoms with Gasteiger partial charge < -0.3 is 14.9 Å². The topological polar surface area (TPSA) is 60.9 Å². The smallest absolute Gasteiger partial charge is 0.323 e. The summed E-state index contributed by atoms with van der Waals surface area (Å²) in [5.41, 5.74) is 4.98. The highest BCUT2D eigenvalue weighted by atomic mass is 35.5. The molecule has 3 aromatic carbocycles. The molecule has 0 bridgehead atoms. The number of aliphatic carboxylic acids is 1. The van der Waals surface area contributed by atoms with Crippen LogP contribution < -0.4 is 9.80 Å². The number of nitrogens with zero attached hydrogens (tertiary/aromatic N) is 2. The summed E-state index contributed by atoms with van der Waals surface area (Å²) in [5.74, 6) is -0.774. The molecule has 0 fully saturated rings. The number of carbonyl (C=O) groups excluding carboxylic acids is 1. The first-order valence-electron chi connectivity index (χ1n) is 10.6. The van der Waals surface area contributed by atoms with E-state index >= 15 is 0 Å². The van der Waals surface area contributed by atoms with Crippen molar-refractivity contribution >= 4 is 46.5 Å². The van der Waals surface area contributed by atoms with Crippen molar-refractivity contribution in [2.75, 3.05) is 29.9 Å². The number of likely N-dealkylation sites (N-methyl/N-ethyl adjacent to an activating group) is 1. The SMILES string of the molecule is CN(CC(=O)O)c1ccc2c(c1)CCN2C(=O)Cc1ccccc1.Cc1cc(Cl)cc(Cl)c1. The minimum absolute atomic E-state index is 0.0462. The first-order valence-corrected chi connectivity index (χ1v) is 11.3. The minimum Gasteiger partial charge on any atom is -0.480 e. The molecule has 1 amide bonds. The van der Waals surface area contributed by atoms with Gasteiger partial charge >= 0.3 is 5.97 Å². The monoisotopic (exact) mass is 484 g/mol. The molecule has 0 radical (unpaired) electrons. The van der Waals surface area contributed by atoms with Gasteiger partial charge in [0.15, 0.2) is 0 Å². The summed E-state index contributed by atoms with van der Waals surface area (Å²) in [6.45, 7) is 2.58. The number of halogens is 2. The summed E-state index contributed by atoms with van der Waals surface area (Å²) in [7, 11) is 1.75. The molecule has 0 saturated heterocycles. The lowest BCUT2D eigenvalue weighted by molar-refractivity contribution is -0.135. The molecule has 1 heterocycles. The normalized spacial score (nSPS) is 11.9. The first kappa shape index (κ1) is 24.6. The van der Waals surface area contributed by atoms with E-state index in [1.165, 1.54) is 0 Å². The molecule has 1 N–H and O–H groups in total. The number of carboxylic acid groups (broad SMARTS) is 1. The fourth-order valence-electron chi connectivity index (χ4n) is 3.74. The largest absolute Gasteiger partial charge is 0.480 e. The zero-order chi connectivity index (χ0) is 24.0. The molecule has 33 heavy (non-hydrogen) atoms. The van der Waals surface area contributed by atoms with Gasteiger partial charge in [0.05, 0.1) is 6.42 Å². The minimum atomic E-state index is -0.863. The second-order valence-electron chi connectivity index (χ2n) is 7.97. The number of hydrogen-bond donors (Lipinski definition) is 1. The highest BCUT2D eigenvalue weighted by molar-refractivity contribution is 6.34. The van der Waals surface area contributed by atoms with E-state index in [2.05, 4.69) is 0 Å². The summed E-state index contributed by atoms with van der Waals surface area (Å²) in [6.07, 6.45) is 1.19. The van der Waals surface area contributed by atoms with Crippen LogP contribution >= 0.6 is 23.2 Å². The predicted octanol–water partition coefficient (Wildman–Crippen LogP) is 5.64. The van der Waals surface area contributed by atoms with Crippen LogP contribution in [0.1, 0.15) is 16.7 Å². The third-order valence-electron chi connectivity index (χ3n) is 5.28. The summed E-state index contributed by atoms with van der Waals surface area (Å²) < 4.78 is 0. The molecule has 0 unspecified atom stereocenters. The van der Waals surface area contributed by atoms with Crippen LogP contribution in [-0.4, -0.2) is 37.1 Å². The van der Waals surface area contributed by atoms with Crippen molar-refractivity contribution in [1.82, 2.24) is 0 Å². The number of aryl methyl sites for hydroxylation is 1. The third kappa shape index (κ3) is 6.98. The summed E-state index contributed by atoms with van der Waals surface area (Å²) in [5, 5.41) is 10.3. The maximum absolute atomic E-state index is 12.6. The molecular formula is C26H26Cl2N2O3. The van der Waals surface area contributed by atoms with Gasteiger partial charge in [-0.1, -0.05) is 53.5 Å². The first-order chi connectivity index (χ1) is 15.7. The van der Waals surface area contributed by atoms with Crippen LogP contribution in [0.5, 0.6) is 0 Å². The Labute approximate surface area is 204 Å². The number of anilines is 2. The molecule has 7 heteroatoms. The van der Waals surface area contributed by atoms with E-state index in [4.69, 9.17) is 28.3 Å². The van der Waals surface area contributed by atoms with Gasteiger partial charge in [0.25, 0.3) is 0 Å². The van der Waals surface area contributed by atoms with Crippen molar-refractivity contribution in [3.63, 3.8) is 0 Å². The van der Waals surface area contributed by atoms with Crippen LogP contribution in [0.25, 0.3) is 0 Å². The van der Waals surface area contributed by atoms with E-state index in [0.717, 1.165) is 34.5 Å². The summed E-state index contributed by atoms with van der Waals surface area (Å²) in [6, 6.07) is 20.9.